The van der Waals surface area contributed by atoms with Crippen LogP contribution in [0.3, 0.4) is 0 Å². The van der Waals surface area contributed by atoms with Crippen molar-refractivity contribution in [1.29, 1.82) is 0 Å². The van der Waals surface area contributed by atoms with E-state index in [1.807, 2.05) is 36.6 Å². The molecule has 0 spiro atoms. The Morgan fingerprint density at radius 3 is 2.53 bits per heavy atom. The number of halogens is 3. The zero-order valence-electron chi connectivity index (χ0n) is 16.9. The molecule has 3 nitrogen and oxygen atoms in total. The van der Waals surface area contributed by atoms with Gasteiger partial charge in [0.25, 0.3) is 5.91 Å². The van der Waals surface area contributed by atoms with Crippen LogP contribution in [0.25, 0.3) is 22.4 Å². The smallest absolute Gasteiger partial charge is 0.256 e. The summed E-state index contributed by atoms with van der Waals surface area (Å²) in [6, 6.07) is 20.4. The molecule has 0 bridgehead atoms. The molecule has 0 atom stereocenters. The number of hydrogen-bond acceptors (Lipinski definition) is 3. The number of aromatic nitrogens is 1. The van der Waals surface area contributed by atoms with Gasteiger partial charge >= 0.3 is 0 Å². The maximum Gasteiger partial charge on any atom is 0.256 e. The van der Waals surface area contributed by atoms with E-state index in [-0.39, 0.29) is 10.9 Å². The molecular formula is C25H17Cl2FN2OS. The highest BCUT2D eigenvalue weighted by Gasteiger charge is 2.16. The average molecular weight is 483 g/mol. The van der Waals surface area contributed by atoms with Crippen molar-refractivity contribution in [2.24, 2.45) is 0 Å². The number of anilines is 1. The van der Waals surface area contributed by atoms with Crippen molar-refractivity contribution in [3.05, 3.63) is 100 Å². The lowest BCUT2D eigenvalue weighted by atomic mass is 9.99. The molecule has 1 amide bonds. The fourth-order valence-corrected chi connectivity index (χ4v) is 4.19. The van der Waals surface area contributed by atoms with Gasteiger partial charge in [0.05, 0.1) is 10.7 Å². The van der Waals surface area contributed by atoms with Crippen LogP contribution in [-0.4, -0.2) is 17.1 Å². The lowest BCUT2D eigenvalue weighted by Crippen LogP contribution is -2.13. The normalized spacial score (nSPS) is 10.8. The molecule has 3 aromatic carbocycles. The van der Waals surface area contributed by atoms with Gasteiger partial charge in [0.2, 0.25) is 0 Å². The number of amides is 1. The number of nitrogens with zero attached hydrogens (tertiary/aromatic N) is 1. The van der Waals surface area contributed by atoms with Gasteiger partial charge in [-0.05, 0) is 84.1 Å². The molecule has 0 saturated heterocycles. The quantitative estimate of drug-likeness (QED) is 0.294. The molecule has 7 heteroatoms. The number of nitrogens with one attached hydrogen (secondary N) is 1. The zero-order valence-corrected chi connectivity index (χ0v) is 19.2. The SMILES string of the molecule is CSc1ccc(C(=O)Nc2ccc(Cl)c(-c3ccccn3)c2)c(-c2cc(F)cc(Cl)c2)c1. The molecule has 0 radical (unpaired) electrons. The summed E-state index contributed by atoms with van der Waals surface area (Å²) in [5, 5.41) is 3.70. The van der Waals surface area contributed by atoms with E-state index in [4.69, 9.17) is 23.2 Å². The van der Waals surface area contributed by atoms with Gasteiger partial charge in [-0.25, -0.2) is 4.39 Å². The third-order valence-corrected chi connectivity index (χ3v) is 6.08. The Morgan fingerprint density at radius 1 is 0.969 bits per heavy atom. The number of rotatable bonds is 5. The Morgan fingerprint density at radius 2 is 1.81 bits per heavy atom. The number of hydrogen-bond donors (Lipinski definition) is 1. The van der Waals surface area contributed by atoms with Crippen molar-refractivity contribution >= 4 is 46.6 Å². The summed E-state index contributed by atoms with van der Waals surface area (Å²) < 4.78 is 14.0. The van der Waals surface area contributed by atoms with Crippen LogP contribution in [0.5, 0.6) is 0 Å². The first-order valence-corrected chi connectivity index (χ1v) is 11.6. The Balaban J connectivity index is 1.72. The molecule has 1 N–H and O–H groups in total. The van der Waals surface area contributed by atoms with Crippen molar-refractivity contribution in [3.8, 4) is 22.4 Å². The lowest BCUT2D eigenvalue weighted by molar-refractivity contribution is 0.102. The molecule has 1 heterocycles. The summed E-state index contributed by atoms with van der Waals surface area (Å²) >= 11 is 13.9. The Bertz CT molecular complexity index is 1280. The third-order valence-electron chi connectivity index (χ3n) is 4.81. The molecule has 0 aliphatic heterocycles. The van der Waals surface area contributed by atoms with Crippen LogP contribution >= 0.6 is 35.0 Å². The number of thioether (sulfide) groups is 1. The molecular weight excluding hydrogens is 466 g/mol. The van der Waals surface area contributed by atoms with Crippen molar-refractivity contribution in [2.75, 3.05) is 11.6 Å². The number of carbonyl (C=O) groups is 1. The summed E-state index contributed by atoms with van der Waals surface area (Å²) in [6.07, 6.45) is 3.62. The van der Waals surface area contributed by atoms with Gasteiger partial charge in [-0.1, -0.05) is 29.3 Å². The summed E-state index contributed by atoms with van der Waals surface area (Å²) in [7, 11) is 0. The van der Waals surface area contributed by atoms with Crippen LogP contribution in [0.15, 0.2) is 83.9 Å². The Hall–Kier alpha value is -2.86. The van der Waals surface area contributed by atoms with Crippen LogP contribution in [0, 0.1) is 5.82 Å². The molecule has 0 saturated carbocycles. The van der Waals surface area contributed by atoms with Crippen LogP contribution in [0.1, 0.15) is 10.4 Å². The monoisotopic (exact) mass is 482 g/mol. The predicted octanol–water partition coefficient (Wildman–Crippen LogP) is 7.84. The maximum atomic E-state index is 14.0. The Labute approximate surface area is 199 Å². The first kappa shape index (κ1) is 22.3. The van der Waals surface area contributed by atoms with Gasteiger partial charge in [-0.3, -0.25) is 9.78 Å². The van der Waals surface area contributed by atoms with E-state index < -0.39 is 5.82 Å². The molecule has 4 rings (SSSR count). The van der Waals surface area contributed by atoms with E-state index in [1.54, 1.807) is 36.5 Å². The standard InChI is InChI=1S/C25H17Cl2FN2OS/c1-32-19-6-7-20(21(14-19)15-10-16(26)12-17(28)11-15)25(31)30-18-5-8-23(27)22(13-18)24-4-2-3-9-29-24/h2-14H,1H3,(H,30,31). The van der Waals surface area contributed by atoms with Gasteiger partial charge in [-0.2, -0.15) is 0 Å². The minimum absolute atomic E-state index is 0.263. The fraction of sp³-hybridized carbons (Fsp3) is 0.0400. The van der Waals surface area contributed by atoms with E-state index in [0.29, 0.717) is 38.7 Å². The van der Waals surface area contributed by atoms with E-state index in [2.05, 4.69) is 10.3 Å². The highest BCUT2D eigenvalue weighted by Crippen LogP contribution is 2.33. The zero-order chi connectivity index (χ0) is 22.7. The summed E-state index contributed by atoms with van der Waals surface area (Å²) in [6.45, 7) is 0. The van der Waals surface area contributed by atoms with E-state index >= 15 is 0 Å². The number of pyridine rings is 1. The third kappa shape index (κ3) is 4.96. The molecule has 0 fully saturated rings. The minimum Gasteiger partial charge on any atom is -0.322 e. The largest absolute Gasteiger partial charge is 0.322 e. The molecule has 0 aliphatic carbocycles. The lowest BCUT2D eigenvalue weighted by Gasteiger charge is -2.14. The Kier molecular flexibility index (Phi) is 6.80. The van der Waals surface area contributed by atoms with Gasteiger partial charge in [0.15, 0.2) is 0 Å². The van der Waals surface area contributed by atoms with Crippen molar-refractivity contribution < 1.29 is 9.18 Å². The van der Waals surface area contributed by atoms with Crippen molar-refractivity contribution in [1.82, 2.24) is 4.98 Å². The van der Waals surface area contributed by atoms with E-state index in [1.165, 1.54) is 23.9 Å². The van der Waals surface area contributed by atoms with Crippen molar-refractivity contribution in [2.45, 2.75) is 4.90 Å². The summed E-state index contributed by atoms with van der Waals surface area (Å²) in [4.78, 5) is 18.5. The predicted molar refractivity (Wildman–Crippen MR) is 131 cm³/mol. The second-order valence-electron chi connectivity index (χ2n) is 6.93. The first-order chi connectivity index (χ1) is 15.4. The molecule has 1 aromatic heterocycles. The first-order valence-electron chi connectivity index (χ1n) is 9.61. The highest BCUT2D eigenvalue weighted by atomic mass is 35.5. The summed E-state index contributed by atoms with van der Waals surface area (Å²) in [5.41, 5.74) is 3.50. The van der Waals surface area contributed by atoms with Crippen LogP contribution < -0.4 is 5.32 Å². The molecule has 0 aliphatic rings. The van der Waals surface area contributed by atoms with Gasteiger partial charge in [0, 0.05) is 32.9 Å². The van der Waals surface area contributed by atoms with E-state index in [9.17, 15) is 9.18 Å². The highest BCUT2D eigenvalue weighted by molar-refractivity contribution is 7.98. The van der Waals surface area contributed by atoms with Gasteiger partial charge in [0.1, 0.15) is 5.82 Å². The summed E-state index contributed by atoms with van der Waals surface area (Å²) in [5.74, 6) is -0.798. The second kappa shape index (κ2) is 9.74. The second-order valence-corrected chi connectivity index (χ2v) is 8.66. The number of benzene rings is 3. The number of carbonyl (C=O) groups excluding carboxylic acids is 1. The van der Waals surface area contributed by atoms with Crippen LogP contribution in [0.2, 0.25) is 10.0 Å². The van der Waals surface area contributed by atoms with Crippen molar-refractivity contribution in [3.63, 3.8) is 0 Å². The average Bonchev–Trinajstić information content (AvgIpc) is 2.79. The topological polar surface area (TPSA) is 42.0 Å². The van der Waals surface area contributed by atoms with Crippen LogP contribution in [-0.2, 0) is 0 Å². The fourth-order valence-electron chi connectivity index (χ4n) is 3.32. The van der Waals surface area contributed by atoms with E-state index in [0.717, 1.165) is 4.90 Å². The van der Waals surface area contributed by atoms with Gasteiger partial charge in [-0.15, -0.1) is 11.8 Å². The van der Waals surface area contributed by atoms with Crippen LogP contribution in [0.4, 0.5) is 10.1 Å². The molecule has 160 valence electrons. The molecule has 4 aromatic rings. The minimum atomic E-state index is -0.467. The maximum absolute atomic E-state index is 14.0. The molecule has 0 unspecified atom stereocenters. The van der Waals surface area contributed by atoms with Gasteiger partial charge < -0.3 is 5.32 Å². The molecule has 32 heavy (non-hydrogen) atoms.